The highest BCUT2D eigenvalue weighted by atomic mass is 79.9. The molecule has 86 valence electrons. The Labute approximate surface area is 108 Å². The summed E-state index contributed by atoms with van der Waals surface area (Å²) in [5.74, 6) is 0.600. The zero-order valence-corrected chi connectivity index (χ0v) is 10.6. The van der Waals surface area contributed by atoms with Crippen LogP contribution in [0.15, 0.2) is 41.1 Å². The predicted molar refractivity (Wildman–Crippen MR) is 66.6 cm³/mol. The highest BCUT2D eigenvalue weighted by Crippen LogP contribution is 2.22. The smallest absolute Gasteiger partial charge is 0.137 e. The fraction of sp³-hybridized carbons (Fsp3) is 0.167. The molecule has 0 atom stereocenters. The number of hydrogen-bond acceptors (Lipinski definition) is 3. The first kappa shape index (κ1) is 11.7. The lowest BCUT2D eigenvalue weighted by atomic mass is 10.2. The normalized spacial score (nSPS) is 9.88. The van der Waals surface area contributed by atoms with Gasteiger partial charge in [0.05, 0.1) is 12.1 Å². The van der Waals surface area contributed by atoms with E-state index >= 15 is 0 Å². The Hall–Kier alpha value is -1.80. The second-order valence-corrected chi connectivity index (χ2v) is 4.29. The molecule has 2 aromatic rings. The van der Waals surface area contributed by atoms with Crippen molar-refractivity contribution in [2.24, 2.45) is 0 Å². The highest BCUT2D eigenvalue weighted by molar-refractivity contribution is 9.10. The molecule has 4 nitrogen and oxygen atoms in total. The van der Waals surface area contributed by atoms with Crippen molar-refractivity contribution in [1.82, 2.24) is 9.78 Å². The van der Waals surface area contributed by atoms with Crippen molar-refractivity contribution >= 4 is 15.9 Å². The van der Waals surface area contributed by atoms with Gasteiger partial charge in [-0.25, -0.2) is 0 Å². The number of nitriles is 1. The summed E-state index contributed by atoms with van der Waals surface area (Å²) in [6, 6.07) is 9.34. The molecule has 0 bridgehead atoms. The van der Waals surface area contributed by atoms with Gasteiger partial charge in [-0.15, -0.1) is 0 Å². The summed E-state index contributed by atoms with van der Waals surface area (Å²) in [6.45, 7) is 1.14. The van der Waals surface area contributed by atoms with E-state index in [1.54, 1.807) is 23.0 Å². The Morgan fingerprint density at radius 3 is 3.06 bits per heavy atom. The van der Waals surface area contributed by atoms with Crippen molar-refractivity contribution in [2.45, 2.75) is 6.54 Å². The molecule has 0 aliphatic rings. The van der Waals surface area contributed by atoms with E-state index in [9.17, 15) is 0 Å². The third-order valence-corrected chi connectivity index (χ3v) is 2.69. The van der Waals surface area contributed by atoms with Gasteiger partial charge in [0, 0.05) is 16.9 Å². The summed E-state index contributed by atoms with van der Waals surface area (Å²) in [4.78, 5) is 0. The molecule has 0 fully saturated rings. The molecular formula is C12H10BrN3O. The van der Waals surface area contributed by atoms with E-state index in [1.165, 1.54) is 0 Å². The average Bonchev–Trinajstić information content (AvgIpc) is 2.84. The van der Waals surface area contributed by atoms with E-state index in [1.807, 2.05) is 18.3 Å². The molecule has 0 aliphatic heterocycles. The fourth-order valence-electron chi connectivity index (χ4n) is 1.40. The van der Waals surface area contributed by atoms with E-state index in [0.717, 1.165) is 4.47 Å². The summed E-state index contributed by atoms with van der Waals surface area (Å²) < 4.78 is 8.20. The molecule has 0 N–H and O–H groups in total. The molecule has 0 amide bonds. The molecule has 0 unspecified atom stereocenters. The molecule has 0 radical (unpaired) electrons. The van der Waals surface area contributed by atoms with Crippen LogP contribution >= 0.6 is 15.9 Å². The maximum atomic E-state index is 8.96. The van der Waals surface area contributed by atoms with Gasteiger partial charge in [0.2, 0.25) is 0 Å². The highest BCUT2D eigenvalue weighted by Gasteiger charge is 2.03. The maximum Gasteiger partial charge on any atom is 0.137 e. The summed E-state index contributed by atoms with van der Waals surface area (Å²) in [5, 5.41) is 13.0. The second kappa shape index (κ2) is 5.51. The van der Waals surface area contributed by atoms with Crippen LogP contribution < -0.4 is 4.74 Å². The van der Waals surface area contributed by atoms with Crippen LogP contribution in [0.3, 0.4) is 0 Å². The van der Waals surface area contributed by atoms with Crippen molar-refractivity contribution in [3.05, 3.63) is 46.7 Å². The molecule has 1 heterocycles. The van der Waals surface area contributed by atoms with Crippen LogP contribution in [0.2, 0.25) is 0 Å². The van der Waals surface area contributed by atoms with E-state index in [0.29, 0.717) is 24.5 Å². The lowest BCUT2D eigenvalue weighted by Crippen LogP contribution is -2.09. The average molecular weight is 292 g/mol. The van der Waals surface area contributed by atoms with Crippen LogP contribution in [0, 0.1) is 11.3 Å². The van der Waals surface area contributed by atoms with Gasteiger partial charge in [-0.2, -0.15) is 10.4 Å². The van der Waals surface area contributed by atoms with Gasteiger partial charge in [0.15, 0.2) is 0 Å². The van der Waals surface area contributed by atoms with Crippen molar-refractivity contribution in [2.75, 3.05) is 6.61 Å². The number of benzene rings is 1. The molecule has 1 aromatic carbocycles. The van der Waals surface area contributed by atoms with E-state index < -0.39 is 0 Å². The first-order valence-electron chi connectivity index (χ1n) is 5.09. The van der Waals surface area contributed by atoms with Gasteiger partial charge in [0.1, 0.15) is 18.4 Å². The molecule has 5 heteroatoms. The van der Waals surface area contributed by atoms with Gasteiger partial charge in [-0.3, -0.25) is 4.68 Å². The maximum absolute atomic E-state index is 8.96. The molecular weight excluding hydrogens is 282 g/mol. The third-order valence-electron chi connectivity index (χ3n) is 2.20. The van der Waals surface area contributed by atoms with Gasteiger partial charge in [-0.05, 0) is 24.3 Å². The quantitative estimate of drug-likeness (QED) is 0.870. The number of halogens is 1. The Balaban J connectivity index is 1.97. The van der Waals surface area contributed by atoms with Gasteiger partial charge >= 0.3 is 0 Å². The van der Waals surface area contributed by atoms with Crippen LogP contribution in [-0.2, 0) is 6.54 Å². The van der Waals surface area contributed by atoms with E-state index in [2.05, 4.69) is 27.1 Å². The molecule has 0 aliphatic carbocycles. The number of hydrogen-bond donors (Lipinski definition) is 0. The zero-order valence-electron chi connectivity index (χ0n) is 9.01. The van der Waals surface area contributed by atoms with Gasteiger partial charge < -0.3 is 4.74 Å². The Kier molecular flexibility index (Phi) is 3.78. The largest absolute Gasteiger partial charge is 0.490 e. The van der Waals surface area contributed by atoms with Gasteiger partial charge in [0.25, 0.3) is 0 Å². The molecule has 17 heavy (non-hydrogen) atoms. The lowest BCUT2D eigenvalue weighted by molar-refractivity contribution is 0.290. The van der Waals surface area contributed by atoms with Crippen molar-refractivity contribution in [3.8, 4) is 11.8 Å². The number of rotatable bonds is 4. The summed E-state index contributed by atoms with van der Waals surface area (Å²) in [5.41, 5.74) is 0.528. The van der Waals surface area contributed by atoms with Crippen molar-refractivity contribution < 1.29 is 4.74 Å². The lowest BCUT2D eigenvalue weighted by Gasteiger charge is -2.08. The summed E-state index contributed by atoms with van der Waals surface area (Å²) in [6.07, 6.45) is 3.59. The minimum absolute atomic E-state index is 0.484. The Morgan fingerprint density at radius 1 is 1.47 bits per heavy atom. The zero-order chi connectivity index (χ0) is 12.1. The topological polar surface area (TPSA) is 50.8 Å². The first-order valence-corrected chi connectivity index (χ1v) is 5.89. The fourth-order valence-corrected chi connectivity index (χ4v) is 1.76. The monoisotopic (exact) mass is 291 g/mol. The molecule has 0 saturated carbocycles. The SMILES string of the molecule is N#Cc1cc(Br)ccc1OCCn1cccn1. The van der Waals surface area contributed by atoms with Crippen molar-refractivity contribution in [1.29, 1.82) is 5.26 Å². The van der Waals surface area contributed by atoms with Crippen LogP contribution in [0.4, 0.5) is 0 Å². The standard InChI is InChI=1S/C12H10BrN3O/c13-11-2-3-12(10(8-11)9-14)17-7-6-16-5-1-4-15-16/h1-5,8H,6-7H2. The molecule has 0 spiro atoms. The van der Waals surface area contributed by atoms with E-state index in [4.69, 9.17) is 10.00 Å². The minimum atomic E-state index is 0.484. The summed E-state index contributed by atoms with van der Waals surface area (Å²) in [7, 11) is 0. The van der Waals surface area contributed by atoms with Crippen LogP contribution in [0.1, 0.15) is 5.56 Å². The van der Waals surface area contributed by atoms with Crippen molar-refractivity contribution in [3.63, 3.8) is 0 Å². The van der Waals surface area contributed by atoms with E-state index in [-0.39, 0.29) is 0 Å². The van der Waals surface area contributed by atoms with Crippen LogP contribution in [0.5, 0.6) is 5.75 Å². The molecule has 0 saturated heterocycles. The van der Waals surface area contributed by atoms with Crippen LogP contribution in [-0.4, -0.2) is 16.4 Å². The van der Waals surface area contributed by atoms with Gasteiger partial charge in [-0.1, -0.05) is 15.9 Å². The predicted octanol–water partition coefficient (Wildman–Crippen LogP) is 2.60. The first-order chi connectivity index (χ1) is 8.29. The third kappa shape index (κ3) is 3.08. The number of aromatic nitrogens is 2. The number of ether oxygens (including phenoxy) is 1. The number of nitrogens with zero attached hydrogens (tertiary/aromatic N) is 3. The molecule has 1 aromatic heterocycles. The Bertz CT molecular complexity index is 531. The summed E-state index contributed by atoms with van der Waals surface area (Å²) >= 11 is 3.32. The van der Waals surface area contributed by atoms with Crippen LogP contribution in [0.25, 0.3) is 0 Å². The minimum Gasteiger partial charge on any atom is -0.490 e. The second-order valence-electron chi connectivity index (χ2n) is 3.37. The Morgan fingerprint density at radius 2 is 2.35 bits per heavy atom. The molecule has 2 rings (SSSR count).